The fraction of sp³-hybridized carbons (Fsp3) is 0.286. The lowest BCUT2D eigenvalue weighted by Gasteiger charge is -2.17. The number of nitrogen functional groups attached to an aromatic ring is 1. The van der Waals surface area contributed by atoms with Gasteiger partial charge in [0.1, 0.15) is 0 Å². The van der Waals surface area contributed by atoms with Crippen LogP contribution in [-0.4, -0.2) is 30.4 Å². The van der Waals surface area contributed by atoms with Crippen molar-refractivity contribution in [2.75, 3.05) is 26.2 Å². The molecule has 5 nitrogen and oxygen atoms in total. The van der Waals surface area contributed by atoms with Crippen LogP contribution in [0, 0.1) is 5.82 Å². The molecular weight excluding hydrogens is 329 g/mol. The predicted octanol–water partition coefficient (Wildman–Crippen LogP) is 3.32. The second-order valence-corrected chi connectivity index (χ2v) is 5.64. The van der Waals surface area contributed by atoms with Gasteiger partial charge in [-0.15, -0.1) is 11.8 Å². The van der Waals surface area contributed by atoms with E-state index < -0.39 is 5.82 Å². The van der Waals surface area contributed by atoms with Crippen LogP contribution in [0.3, 0.4) is 0 Å². The molecule has 1 aromatic heterocycles. The molecule has 0 bridgehead atoms. The summed E-state index contributed by atoms with van der Waals surface area (Å²) < 4.78 is 24.2. The lowest BCUT2D eigenvalue weighted by Crippen LogP contribution is -2.08. The molecule has 2 aromatic rings. The van der Waals surface area contributed by atoms with Gasteiger partial charge in [0.05, 0.1) is 36.2 Å². The van der Waals surface area contributed by atoms with Gasteiger partial charge in [0.25, 0.3) is 0 Å². The van der Waals surface area contributed by atoms with Gasteiger partial charge < -0.3 is 15.2 Å². The first-order valence-corrected chi connectivity index (χ1v) is 7.91. The van der Waals surface area contributed by atoms with Crippen molar-refractivity contribution in [1.82, 2.24) is 9.97 Å². The number of methoxy groups -OCH3 is 2. The quantitative estimate of drug-likeness (QED) is 0.840. The van der Waals surface area contributed by atoms with Gasteiger partial charge >= 0.3 is 0 Å². The van der Waals surface area contributed by atoms with Crippen molar-refractivity contribution >= 4 is 29.1 Å². The molecule has 0 saturated heterocycles. The molecule has 0 fully saturated rings. The highest BCUT2D eigenvalue weighted by atomic mass is 35.5. The van der Waals surface area contributed by atoms with Crippen LogP contribution in [0.25, 0.3) is 0 Å². The zero-order valence-electron chi connectivity index (χ0n) is 12.3. The van der Waals surface area contributed by atoms with Crippen LogP contribution in [0.4, 0.5) is 10.1 Å². The van der Waals surface area contributed by atoms with Crippen molar-refractivity contribution in [3.8, 4) is 11.8 Å². The molecule has 0 aliphatic carbocycles. The van der Waals surface area contributed by atoms with Gasteiger partial charge in [-0.1, -0.05) is 17.7 Å². The standard InChI is InChI=1S/C14H15ClFN3O2S/c1-20-9-6-10(21-2)19-14(18-9)13(22-3)7-4-5-8(15)11(16)12(7)17/h4-6,13H,17H2,1-3H3. The number of thioether (sulfide) groups is 1. The van der Waals surface area contributed by atoms with Crippen LogP contribution in [0.2, 0.25) is 5.02 Å². The Bertz CT molecular complexity index is 665. The van der Waals surface area contributed by atoms with Crippen molar-refractivity contribution in [3.63, 3.8) is 0 Å². The van der Waals surface area contributed by atoms with Crippen LogP contribution >= 0.6 is 23.4 Å². The molecule has 1 heterocycles. The zero-order chi connectivity index (χ0) is 16.3. The van der Waals surface area contributed by atoms with E-state index in [0.717, 1.165) is 0 Å². The number of hydrogen-bond donors (Lipinski definition) is 1. The maximum absolute atomic E-state index is 13.9. The Balaban J connectivity index is 2.55. The summed E-state index contributed by atoms with van der Waals surface area (Å²) in [6.07, 6.45) is 1.85. The van der Waals surface area contributed by atoms with E-state index in [0.29, 0.717) is 23.1 Å². The first kappa shape index (κ1) is 16.6. The lowest BCUT2D eigenvalue weighted by molar-refractivity contribution is 0.368. The second kappa shape index (κ2) is 7.02. The number of rotatable bonds is 5. The number of anilines is 1. The van der Waals surface area contributed by atoms with Crippen molar-refractivity contribution < 1.29 is 13.9 Å². The van der Waals surface area contributed by atoms with Crippen molar-refractivity contribution in [3.05, 3.63) is 40.4 Å². The average molecular weight is 344 g/mol. The number of ether oxygens (including phenoxy) is 2. The first-order chi connectivity index (χ1) is 10.5. The van der Waals surface area contributed by atoms with E-state index in [2.05, 4.69) is 9.97 Å². The Hall–Kier alpha value is -1.73. The minimum atomic E-state index is -0.645. The molecule has 2 N–H and O–H groups in total. The minimum Gasteiger partial charge on any atom is -0.481 e. The number of nitrogens with zero attached hydrogens (tertiary/aromatic N) is 2. The van der Waals surface area contributed by atoms with E-state index in [1.54, 1.807) is 12.1 Å². The molecule has 0 aliphatic rings. The summed E-state index contributed by atoms with van der Waals surface area (Å²) in [5.41, 5.74) is 6.38. The lowest BCUT2D eigenvalue weighted by atomic mass is 10.1. The van der Waals surface area contributed by atoms with Gasteiger partial charge in [0, 0.05) is 0 Å². The van der Waals surface area contributed by atoms with Gasteiger partial charge in [-0.05, 0) is 17.9 Å². The van der Waals surface area contributed by atoms with E-state index >= 15 is 0 Å². The smallest absolute Gasteiger partial charge is 0.220 e. The number of halogens is 2. The van der Waals surface area contributed by atoms with Crippen LogP contribution < -0.4 is 15.2 Å². The topological polar surface area (TPSA) is 70.3 Å². The highest BCUT2D eigenvalue weighted by Crippen LogP contribution is 2.38. The third-order valence-electron chi connectivity index (χ3n) is 3.03. The second-order valence-electron chi connectivity index (χ2n) is 4.29. The molecule has 2 rings (SSSR count). The SMILES string of the molecule is COc1cc(OC)nc(C(SC)c2ccc(Cl)c(F)c2N)n1. The highest BCUT2D eigenvalue weighted by Gasteiger charge is 2.23. The summed E-state index contributed by atoms with van der Waals surface area (Å²) in [5, 5.41) is -0.402. The maximum atomic E-state index is 13.9. The fourth-order valence-electron chi connectivity index (χ4n) is 1.93. The largest absolute Gasteiger partial charge is 0.481 e. The van der Waals surface area contributed by atoms with Gasteiger partial charge in [-0.2, -0.15) is 9.97 Å². The van der Waals surface area contributed by atoms with E-state index in [1.165, 1.54) is 32.0 Å². The third kappa shape index (κ3) is 3.20. The van der Waals surface area contributed by atoms with E-state index in [4.69, 9.17) is 26.8 Å². The molecular formula is C14H15ClFN3O2S. The molecule has 1 unspecified atom stereocenters. The summed E-state index contributed by atoms with van der Waals surface area (Å²) in [6.45, 7) is 0. The van der Waals surface area contributed by atoms with Crippen LogP contribution in [0.1, 0.15) is 16.6 Å². The minimum absolute atomic E-state index is 0.0164. The van der Waals surface area contributed by atoms with Crippen LogP contribution in [0.15, 0.2) is 18.2 Å². The van der Waals surface area contributed by atoms with Crippen molar-refractivity contribution in [1.29, 1.82) is 0 Å². The van der Waals surface area contributed by atoms with E-state index in [1.807, 2.05) is 6.26 Å². The van der Waals surface area contributed by atoms with Gasteiger partial charge in [-0.3, -0.25) is 0 Å². The number of nitrogens with two attached hydrogens (primary N) is 1. The molecule has 0 spiro atoms. The fourth-order valence-corrected chi connectivity index (χ4v) is 2.87. The van der Waals surface area contributed by atoms with E-state index in [-0.39, 0.29) is 16.0 Å². The molecule has 0 saturated carbocycles. The monoisotopic (exact) mass is 343 g/mol. The summed E-state index contributed by atoms with van der Waals surface area (Å²) in [4.78, 5) is 8.59. The first-order valence-electron chi connectivity index (χ1n) is 6.25. The Morgan fingerprint density at radius 3 is 2.32 bits per heavy atom. The van der Waals surface area contributed by atoms with Crippen molar-refractivity contribution in [2.45, 2.75) is 5.25 Å². The Morgan fingerprint density at radius 2 is 1.82 bits per heavy atom. The summed E-state index contributed by atoms with van der Waals surface area (Å²) in [5.74, 6) is 0.480. The highest BCUT2D eigenvalue weighted by molar-refractivity contribution is 7.99. The molecule has 8 heteroatoms. The van der Waals surface area contributed by atoms with Crippen LogP contribution in [-0.2, 0) is 0 Å². The summed E-state index contributed by atoms with van der Waals surface area (Å²) in [7, 11) is 2.99. The molecule has 1 aromatic carbocycles. The summed E-state index contributed by atoms with van der Waals surface area (Å²) in [6, 6.07) is 4.69. The van der Waals surface area contributed by atoms with Crippen molar-refractivity contribution in [2.24, 2.45) is 0 Å². The number of benzene rings is 1. The Labute approximate surface area is 137 Å². The van der Waals surface area contributed by atoms with E-state index in [9.17, 15) is 4.39 Å². The molecule has 118 valence electrons. The molecule has 1 atom stereocenters. The number of hydrogen-bond acceptors (Lipinski definition) is 6. The van der Waals surface area contributed by atoms with Crippen LogP contribution in [0.5, 0.6) is 11.8 Å². The third-order valence-corrected chi connectivity index (χ3v) is 4.26. The van der Waals surface area contributed by atoms with Gasteiger partial charge in [0.15, 0.2) is 11.6 Å². The van der Waals surface area contributed by atoms with Gasteiger partial charge in [-0.25, -0.2) is 4.39 Å². The molecule has 0 amide bonds. The molecule has 0 radical (unpaired) electrons. The Morgan fingerprint density at radius 1 is 1.23 bits per heavy atom. The predicted molar refractivity (Wildman–Crippen MR) is 86.3 cm³/mol. The zero-order valence-corrected chi connectivity index (χ0v) is 13.8. The Kier molecular flexibility index (Phi) is 5.31. The summed E-state index contributed by atoms with van der Waals surface area (Å²) >= 11 is 7.16. The maximum Gasteiger partial charge on any atom is 0.220 e. The normalized spacial score (nSPS) is 12.0. The number of aromatic nitrogens is 2. The average Bonchev–Trinajstić information content (AvgIpc) is 2.55. The van der Waals surface area contributed by atoms with Gasteiger partial charge in [0.2, 0.25) is 11.8 Å². The molecule has 0 aliphatic heterocycles. The molecule has 22 heavy (non-hydrogen) atoms.